The zero-order chi connectivity index (χ0) is 20.3. The van der Waals surface area contributed by atoms with Crippen LogP contribution in [0.4, 0.5) is 11.4 Å². The zero-order valence-corrected chi connectivity index (χ0v) is 16.7. The highest BCUT2D eigenvalue weighted by molar-refractivity contribution is 6.42. The molecule has 2 aromatic carbocycles. The first-order valence-corrected chi connectivity index (χ1v) is 9.45. The van der Waals surface area contributed by atoms with E-state index in [0.717, 1.165) is 0 Å². The van der Waals surface area contributed by atoms with Crippen molar-refractivity contribution < 1.29 is 19.1 Å². The minimum absolute atomic E-state index is 0.00152. The lowest BCUT2D eigenvalue weighted by molar-refractivity contribution is -0.151. The Hall–Kier alpha value is -2.28. The molecule has 1 fully saturated rings. The van der Waals surface area contributed by atoms with E-state index in [1.54, 1.807) is 36.4 Å². The summed E-state index contributed by atoms with van der Waals surface area (Å²) in [6.45, 7) is -0.328. The largest absolute Gasteiger partial charge is 0.455 e. The van der Waals surface area contributed by atoms with Crippen LogP contribution in [-0.4, -0.2) is 30.9 Å². The molecule has 1 heterocycles. The van der Waals surface area contributed by atoms with Gasteiger partial charge in [0.05, 0.1) is 26.7 Å². The van der Waals surface area contributed by atoms with Crippen LogP contribution in [0.3, 0.4) is 0 Å². The summed E-state index contributed by atoms with van der Waals surface area (Å²) >= 11 is 17.8. The van der Waals surface area contributed by atoms with Gasteiger partial charge in [-0.3, -0.25) is 14.4 Å². The summed E-state index contributed by atoms with van der Waals surface area (Å²) in [5, 5.41) is 3.63. The van der Waals surface area contributed by atoms with Crippen LogP contribution < -0.4 is 10.2 Å². The van der Waals surface area contributed by atoms with Crippen LogP contribution in [0.15, 0.2) is 42.5 Å². The number of nitrogens with zero attached hydrogens (tertiary/aromatic N) is 1. The first-order chi connectivity index (χ1) is 13.3. The van der Waals surface area contributed by atoms with Crippen LogP contribution in [0.2, 0.25) is 15.1 Å². The Labute approximate surface area is 176 Å². The predicted octanol–water partition coefficient (Wildman–Crippen LogP) is 4.18. The van der Waals surface area contributed by atoms with E-state index in [9.17, 15) is 14.4 Å². The lowest BCUT2D eigenvalue weighted by Crippen LogP contribution is -2.28. The fourth-order valence-corrected chi connectivity index (χ4v) is 3.33. The van der Waals surface area contributed by atoms with Crippen molar-refractivity contribution in [1.29, 1.82) is 0 Å². The third kappa shape index (κ3) is 4.76. The van der Waals surface area contributed by atoms with Gasteiger partial charge in [-0.2, -0.15) is 0 Å². The maximum atomic E-state index is 12.3. The highest BCUT2D eigenvalue weighted by Crippen LogP contribution is 2.31. The molecule has 0 bridgehead atoms. The van der Waals surface area contributed by atoms with Crippen LogP contribution in [-0.2, 0) is 19.1 Å². The molecule has 9 heteroatoms. The van der Waals surface area contributed by atoms with Gasteiger partial charge in [-0.15, -0.1) is 0 Å². The van der Waals surface area contributed by atoms with Crippen LogP contribution in [0.25, 0.3) is 0 Å². The zero-order valence-electron chi connectivity index (χ0n) is 14.5. The third-order valence-electron chi connectivity index (χ3n) is 4.15. The number of anilines is 2. The summed E-state index contributed by atoms with van der Waals surface area (Å²) in [4.78, 5) is 37.9. The molecule has 0 aromatic heterocycles. The van der Waals surface area contributed by atoms with Crippen LogP contribution in [0.1, 0.15) is 6.42 Å². The number of para-hydroxylation sites is 1. The van der Waals surface area contributed by atoms with Gasteiger partial charge in [0, 0.05) is 18.7 Å². The molecule has 0 spiro atoms. The number of ether oxygens (including phenoxy) is 1. The molecule has 146 valence electrons. The van der Waals surface area contributed by atoms with Crippen LogP contribution in [0, 0.1) is 5.92 Å². The van der Waals surface area contributed by atoms with Gasteiger partial charge in [0.1, 0.15) is 0 Å². The average molecular weight is 442 g/mol. The topological polar surface area (TPSA) is 75.7 Å². The molecule has 0 saturated carbocycles. The number of carbonyl (C=O) groups excluding carboxylic acids is 3. The summed E-state index contributed by atoms with van der Waals surface area (Å²) < 4.78 is 5.05. The minimum Gasteiger partial charge on any atom is -0.455 e. The van der Waals surface area contributed by atoms with Crippen molar-refractivity contribution in [2.45, 2.75) is 6.42 Å². The fourth-order valence-electron chi connectivity index (χ4n) is 2.79. The second-order valence-electron chi connectivity index (χ2n) is 6.14. The number of amides is 2. The normalized spacial score (nSPS) is 16.2. The van der Waals surface area contributed by atoms with Crippen molar-refractivity contribution >= 4 is 64.0 Å². The molecule has 0 aliphatic carbocycles. The molecule has 1 atom stereocenters. The third-order valence-corrected chi connectivity index (χ3v) is 5.21. The quantitative estimate of drug-likeness (QED) is 0.706. The molecular weight excluding hydrogens is 427 g/mol. The Kier molecular flexibility index (Phi) is 6.44. The van der Waals surface area contributed by atoms with E-state index in [0.29, 0.717) is 26.4 Å². The van der Waals surface area contributed by atoms with Crippen molar-refractivity contribution in [1.82, 2.24) is 0 Å². The number of benzene rings is 2. The smallest absolute Gasteiger partial charge is 0.311 e. The summed E-state index contributed by atoms with van der Waals surface area (Å²) in [5.74, 6) is -2.04. The number of rotatable bonds is 5. The maximum Gasteiger partial charge on any atom is 0.311 e. The molecule has 6 nitrogen and oxygen atoms in total. The van der Waals surface area contributed by atoms with E-state index in [1.165, 1.54) is 11.0 Å². The molecular formula is C19H15Cl3N2O4. The van der Waals surface area contributed by atoms with E-state index >= 15 is 0 Å². The molecule has 28 heavy (non-hydrogen) atoms. The van der Waals surface area contributed by atoms with Gasteiger partial charge < -0.3 is 15.0 Å². The molecule has 2 aromatic rings. The first kappa shape index (κ1) is 20.5. The van der Waals surface area contributed by atoms with Gasteiger partial charge in [0.15, 0.2) is 6.61 Å². The molecule has 1 N–H and O–H groups in total. The summed E-state index contributed by atoms with van der Waals surface area (Å²) in [6.07, 6.45) is -0.00152. The van der Waals surface area contributed by atoms with Crippen molar-refractivity contribution in [3.05, 3.63) is 57.5 Å². The highest BCUT2D eigenvalue weighted by Gasteiger charge is 2.37. The van der Waals surface area contributed by atoms with Gasteiger partial charge in [-0.1, -0.05) is 46.9 Å². The SMILES string of the molecule is O=C(COC(=O)[C@@H]1CC(=O)N(c2ccccc2Cl)C1)Nc1ccc(Cl)c(Cl)c1. The number of carbonyl (C=O) groups is 3. The number of nitrogens with one attached hydrogen (secondary N) is 1. The first-order valence-electron chi connectivity index (χ1n) is 8.31. The van der Waals surface area contributed by atoms with Crippen LogP contribution >= 0.6 is 34.8 Å². The summed E-state index contributed by atoms with van der Waals surface area (Å²) in [7, 11) is 0. The summed E-state index contributed by atoms with van der Waals surface area (Å²) in [5.41, 5.74) is 0.971. The molecule has 1 aliphatic heterocycles. The Morgan fingerprint density at radius 1 is 1.07 bits per heavy atom. The Morgan fingerprint density at radius 2 is 1.82 bits per heavy atom. The monoisotopic (exact) mass is 440 g/mol. The predicted molar refractivity (Wildman–Crippen MR) is 108 cm³/mol. The van der Waals surface area contributed by atoms with Gasteiger partial charge >= 0.3 is 5.97 Å². The molecule has 0 radical (unpaired) electrons. The van der Waals surface area contributed by atoms with E-state index < -0.39 is 24.4 Å². The summed E-state index contributed by atoms with van der Waals surface area (Å²) in [6, 6.07) is 11.5. The maximum absolute atomic E-state index is 12.3. The van der Waals surface area contributed by atoms with Crippen molar-refractivity contribution in [2.24, 2.45) is 5.92 Å². The number of esters is 1. The number of halogens is 3. The molecule has 2 amide bonds. The second kappa shape index (κ2) is 8.82. The molecule has 1 aliphatic rings. The van der Waals surface area contributed by atoms with Crippen LogP contribution in [0.5, 0.6) is 0 Å². The minimum atomic E-state index is -0.665. The Balaban J connectivity index is 1.54. The highest BCUT2D eigenvalue weighted by atomic mass is 35.5. The van der Waals surface area contributed by atoms with Gasteiger partial charge in [0.25, 0.3) is 5.91 Å². The van der Waals surface area contributed by atoms with Crippen molar-refractivity contribution in [3.8, 4) is 0 Å². The van der Waals surface area contributed by atoms with Crippen molar-refractivity contribution in [3.63, 3.8) is 0 Å². The Bertz CT molecular complexity index is 935. The fraction of sp³-hybridized carbons (Fsp3) is 0.211. The molecule has 0 unspecified atom stereocenters. The lowest BCUT2D eigenvalue weighted by atomic mass is 10.1. The standard InChI is InChI=1S/C19H15Cl3N2O4/c20-13-6-5-12(8-15(13)22)23-17(25)10-28-19(27)11-7-18(26)24(9-11)16-4-2-1-3-14(16)21/h1-6,8,11H,7,9-10H2,(H,23,25)/t11-/m1/s1. The van der Waals surface area contributed by atoms with E-state index in [4.69, 9.17) is 39.5 Å². The molecule has 1 saturated heterocycles. The van der Waals surface area contributed by atoms with Gasteiger partial charge in [0.2, 0.25) is 5.91 Å². The lowest BCUT2D eigenvalue weighted by Gasteiger charge is -2.17. The average Bonchev–Trinajstić information content (AvgIpc) is 3.05. The second-order valence-corrected chi connectivity index (χ2v) is 7.36. The van der Waals surface area contributed by atoms with Gasteiger partial charge in [-0.05, 0) is 30.3 Å². The van der Waals surface area contributed by atoms with Gasteiger partial charge in [-0.25, -0.2) is 0 Å². The van der Waals surface area contributed by atoms with E-state index in [1.807, 2.05) is 0 Å². The number of hydrogen-bond acceptors (Lipinski definition) is 4. The van der Waals surface area contributed by atoms with Crippen molar-refractivity contribution in [2.75, 3.05) is 23.4 Å². The van der Waals surface area contributed by atoms with E-state index in [-0.39, 0.29) is 18.9 Å². The Morgan fingerprint density at radius 3 is 2.54 bits per heavy atom. The van der Waals surface area contributed by atoms with E-state index in [2.05, 4.69) is 5.32 Å². The number of hydrogen-bond donors (Lipinski definition) is 1. The molecule has 3 rings (SSSR count).